The van der Waals surface area contributed by atoms with Crippen molar-refractivity contribution in [3.05, 3.63) is 0 Å². The summed E-state index contributed by atoms with van der Waals surface area (Å²) >= 11 is 0. The highest BCUT2D eigenvalue weighted by atomic mass is 16.5. The minimum absolute atomic E-state index is 0.141. The largest absolute Gasteiger partial charge is 0.468 e. The van der Waals surface area contributed by atoms with Crippen molar-refractivity contribution in [2.75, 3.05) is 7.11 Å². The zero-order valence-corrected chi connectivity index (χ0v) is 8.71. The van der Waals surface area contributed by atoms with Gasteiger partial charge in [0.1, 0.15) is 11.7 Å². The first-order chi connectivity index (χ1) is 6.63. The van der Waals surface area contributed by atoms with Crippen LogP contribution in [0.2, 0.25) is 0 Å². The smallest absolute Gasteiger partial charge is 0.316 e. The van der Waals surface area contributed by atoms with E-state index in [1.54, 1.807) is 0 Å². The van der Waals surface area contributed by atoms with Crippen LogP contribution < -0.4 is 0 Å². The van der Waals surface area contributed by atoms with Crippen LogP contribution in [-0.4, -0.2) is 18.9 Å². The van der Waals surface area contributed by atoms with Crippen molar-refractivity contribution in [1.29, 1.82) is 0 Å². The molecule has 0 bridgehead atoms. The van der Waals surface area contributed by atoms with E-state index >= 15 is 0 Å². The first-order valence-electron chi connectivity index (χ1n) is 4.65. The lowest BCUT2D eigenvalue weighted by molar-refractivity contribution is -0.149. The molecule has 1 atom stereocenters. The Balaban J connectivity index is 3.93. The van der Waals surface area contributed by atoms with E-state index in [0.717, 1.165) is 12.8 Å². The Bertz CT molecular complexity index is 237. The Morgan fingerprint density at radius 1 is 1.43 bits per heavy atom. The Labute approximate surface area is 84.8 Å². The molecule has 3 nitrogen and oxygen atoms in total. The molecule has 0 saturated carbocycles. The molecular weight excluding hydrogens is 180 g/mol. The molecule has 0 aromatic rings. The SMILES string of the molecule is C#CCCCCC(C(C)=O)C(=O)OC. The molecule has 3 heteroatoms. The number of Topliss-reactive ketones (excluding diaryl/α,β-unsaturated/α-hetero) is 1. The molecule has 14 heavy (non-hydrogen) atoms. The fourth-order valence-corrected chi connectivity index (χ4v) is 1.20. The summed E-state index contributed by atoms with van der Waals surface area (Å²) in [4.78, 5) is 22.2. The zero-order chi connectivity index (χ0) is 11.0. The Morgan fingerprint density at radius 3 is 2.50 bits per heavy atom. The summed E-state index contributed by atoms with van der Waals surface area (Å²) in [5, 5.41) is 0. The highest BCUT2D eigenvalue weighted by molar-refractivity contribution is 5.97. The van der Waals surface area contributed by atoms with Crippen molar-refractivity contribution >= 4 is 11.8 Å². The van der Waals surface area contributed by atoms with E-state index in [-0.39, 0.29) is 5.78 Å². The predicted molar refractivity (Wildman–Crippen MR) is 53.5 cm³/mol. The number of terminal acetylenes is 1. The van der Waals surface area contributed by atoms with Gasteiger partial charge in [-0.15, -0.1) is 12.3 Å². The standard InChI is InChI=1S/C11H16O3/c1-4-5-6-7-8-10(9(2)12)11(13)14-3/h1,10H,5-8H2,2-3H3. The van der Waals surface area contributed by atoms with Crippen molar-refractivity contribution in [2.24, 2.45) is 5.92 Å². The average molecular weight is 196 g/mol. The van der Waals surface area contributed by atoms with Gasteiger partial charge in [-0.2, -0.15) is 0 Å². The normalized spacial score (nSPS) is 11.5. The maximum atomic E-state index is 11.1. The van der Waals surface area contributed by atoms with E-state index in [2.05, 4.69) is 10.7 Å². The fraction of sp³-hybridized carbons (Fsp3) is 0.636. The molecule has 0 heterocycles. The van der Waals surface area contributed by atoms with Crippen molar-refractivity contribution < 1.29 is 14.3 Å². The van der Waals surface area contributed by atoms with Gasteiger partial charge in [-0.05, 0) is 19.8 Å². The minimum atomic E-state index is -0.613. The summed E-state index contributed by atoms with van der Waals surface area (Å²) in [5.41, 5.74) is 0. The lowest BCUT2D eigenvalue weighted by Crippen LogP contribution is -2.23. The second-order valence-corrected chi connectivity index (χ2v) is 3.14. The van der Waals surface area contributed by atoms with Gasteiger partial charge in [0.15, 0.2) is 0 Å². The molecule has 0 spiro atoms. The van der Waals surface area contributed by atoms with E-state index in [9.17, 15) is 9.59 Å². The van der Waals surface area contributed by atoms with Gasteiger partial charge < -0.3 is 4.74 Å². The summed E-state index contributed by atoms with van der Waals surface area (Å²) in [5.74, 6) is 1.31. The van der Waals surface area contributed by atoms with E-state index in [4.69, 9.17) is 6.42 Å². The molecule has 0 rings (SSSR count). The molecular formula is C11H16O3. The number of carbonyl (C=O) groups excluding carboxylic acids is 2. The highest BCUT2D eigenvalue weighted by Gasteiger charge is 2.22. The molecule has 0 amide bonds. The van der Waals surface area contributed by atoms with Gasteiger partial charge in [0.05, 0.1) is 7.11 Å². The number of carbonyl (C=O) groups is 2. The monoisotopic (exact) mass is 196 g/mol. The molecule has 78 valence electrons. The van der Waals surface area contributed by atoms with Crippen LogP contribution in [0.25, 0.3) is 0 Å². The van der Waals surface area contributed by atoms with Crippen LogP contribution in [0.5, 0.6) is 0 Å². The summed E-state index contributed by atoms with van der Waals surface area (Å²) in [6, 6.07) is 0. The number of esters is 1. The third-order valence-corrected chi connectivity index (χ3v) is 2.04. The van der Waals surface area contributed by atoms with E-state index in [1.165, 1.54) is 14.0 Å². The summed E-state index contributed by atoms with van der Waals surface area (Å²) < 4.78 is 4.53. The zero-order valence-electron chi connectivity index (χ0n) is 8.71. The maximum Gasteiger partial charge on any atom is 0.316 e. The number of rotatable bonds is 6. The Hall–Kier alpha value is -1.30. The first-order valence-corrected chi connectivity index (χ1v) is 4.65. The molecule has 0 fully saturated rings. The second kappa shape index (κ2) is 7.14. The molecule has 0 aliphatic heterocycles. The highest BCUT2D eigenvalue weighted by Crippen LogP contribution is 2.12. The molecule has 0 aromatic heterocycles. The Morgan fingerprint density at radius 2 is 2.07 bits per heavy atom. The number of methoxy groups -OCH3 is 1. The van der Waals surface area contributed by atoms with Crippen molar-refractivity contribution in [1.82, 2.24) is 0 Å². The van der Waals surface area contributed by atoms with Gasteiger partial charge in [0, 0.05) is 6.42 Å². The van der Waals surface area contributed by atoms with Gasteiger partial charge in [0.25, 0.3) is 0 Å². The van der Waals surface area contributed by atoms with Crippen LogP contribution in [0, 0.1) is 18.3 Å². The second-order valence-electron chi connectivity index (χ2n) is 3.14. The summed E-state index contributed by atoms with van der Waals surface area (Å²) in [7, 11) is 1.29. The lowest BCUT2D eigenvalue weighted by Gasteiger charge is -2.10. The molecule has 0 saturated heterocycles. The molecule has 0 aromatic carbocycles. The van der Waals surface area contributed by atoms with Crippen LogP contribution in [0.3, 0.4) is 0 Å². The minimum Gasteiger partial charge on any atom is -0.468 e. The van der Waals surface area contributed by atoms with E-state index in [0.29, 0.717) is 12.8 Å². The quantitative estimate of drug-likeness (QED) is 0.280. The van der Waals surface area contributed by atoms with Crippen molar-refractivity contribution in [3.8, 4) is 12.3 Å². The van der Waals surface area contributed by atoms with E-state index < -0.39 is 11.9 Å². The van der Waals surface area contributed by atoms with Gasteiger partial charge >= 0.3 is 5.97 Å². The lowest BCUT2D eigenvalue weighted by atomic mass is 9.98. The van der Waals surface area contributed by atoms with Crippen LogP contribution in [0.15, 0.2) is 0 Å². The van der Waals surface area contributed by atoms with Gasteiger partial charge in [-0.3, -0.25) is 9.59 Å². The van der Waals surface area contributed by atoms with Gasteiger partial charge in [-0.1, -0.05) is 6.42 Å². The Kier molecular flexibility index (Phi) is 6.47. The van der Waals surface area contributed by atoms with Crippen molar-refractivity contribution in [2.45, 2.75) is 32.6 Å². The van der Waals surface area contributed by atoms with Crippen LogP contribution in [0.1, 0.15) is 32.6 Å². The average Bonchev–Trinajstić information content (AvgIpc) is 2.16. The van der Waals surface area contributed by atoms with Crippen LogP contribution in [-0.2, 0) is 14.3 Å². The third kappa shape index (κ3) is 4.66. The molecule has 1 unspecified atom stereocenters. The fourth-order valence-electron chi connectivity index (χ4n) is 1.20. The third-order valence-electron chi connectivity index (χ3n) is 2.04. The number of hydrogen-bond acceptors (Lipinski definition) is 3. The maximum absolute atomic E-state index is 11.1. The molecule has 0 N–H and O–H groups in total. The predicted octanol–water partition coefficient (Wildman–Crippen LogP) is 1.56. The number of unbranched alkanes of at least 4 members (excludes halogenated alkanes) is 2. The van der Waals surface area contributed by atoms with E-state index in [1.807, 2.05) is 0 Å². The molecule has 0 aliphatic carbocycles. The number of ketones is 1. The number of hydrogen-bond donors (Lipinski definition) is 0. The topological polar surface area (TPSA) is 43.4 Å². The molecule has 0 radical (unpaired) electrons. The van der Waals surface area contributed by atoms with Crippen LogP contribution in [0.4, 0.5) is 0 Å². The summed E-state index contributed by atoms with van der Waals surface area (Å²) in [6.07, 6.45) is 7.93. The van der Waals surface area contributed by atoms with Gasteiger partial charge in [-0.25, -0.2) is 0 Å². The van der Waals surface area contributed by atoms with Crippen molar-refractivity contribution in [3.63, 3.8) is 0 Å². The van der Waals surface area contributed by atoms with Crippen LogP contribution >= 0.6 is 0 Å². The first kappa shape index (κ1) is 12.7. The summed E-state index contributed by atoms with van der Waals surface area (Å²) in [6.45, 7) is 1.41. The number of ether oxygens (including phenoxy) is 1. The van der Waals surface area contributed by atoms with Gasteiger partial charge in [0.2, 0.25) is 0 Å². The molecule has 0 aliphatic rings.